The minimum atomic E-state index is 0.597. The van der Waals surface area contributed by atoms with E-state index in [0.29, 0.717) is 17.6 Å². The molecular weight excluding hydrogens is 1830 g/mol. The van der Waals surface area contributed by atoms with Crippen LogP contribution in [0.3, 0.4) is 0 Å². The average Bonchev–Trinajstić information content (AvgIpc) is 1.53. The quantitative estimate of drug-likeness (QED) is 0.126. The highest BCUT2D eigenvalue weighted by molar-refractivity contribution is 6.36. The fourth-order valence-electron chi connectivity index (χ4n) is 24.4. The summed E-state index contributed by atoms with van der Waals surface area (Å²) in [5, 5.41) is 17.1. The predicted molar refractivity (Wildman–Crippen MR) is 618 cm³/mol. The number of rotatable bonds is 11. The fourth-order valence-corrected chi connectivity index (χ4v) is 24.4. The topological polar surface area (TPSA) is 118 Å². The fraction of sp³-hybridized carbons (Fsp3) is 0. The van der Waals surface area contributed by atoms with Gasteiger partial charge in [-0.15, -0.1) is 0 Å². The summed E-state index contributed by atoms with van der Waals surface area (Å²) in [6, 6.07) is 177. The maximum Gasteiger partial charge on any atom is 0.238 e. The number of fused-ring (bicyclic) bond motifs is 14. The van der Waals surface area contributed by atoms with Crippen LogP contribution in [0.4, 0.5) is 0 Å². The van der Waals surface area contributed by atoms with Crippen LogP contribution >= 0.6 is 0 Å². The van der Waals surface area contributed by atoms with E-state index in [9.17, 15) is 0 Å². The van der Waals surface area contributed by atoms with Gasteiger partial charge in [0.15, 0.2) is 23.3 Å². The van der Waals surface area contributed by atoms with Crippen LogP contribution in [0.1, 0.15) is 0 Å². The van der Waals surface area contributed by atoms with Crippen molar-refractivity contribution in [3.05, 3.63) is 497 Å². The van der Waals surface area contributed by atoms with Crippen molar-refractivity contribution in [2.75, 3.05) is 0 Å². The molecule has 694 valence electrons. The number of benzene rings is 23. The van der Waals surface area contributed by atoms with Crippen LogP contribution in [0.15, 0.2) is 502 Å². The first-order chi connectivity index (χ1) is 74.4. The van der Waals surface area contributed by atoms with Crippen molar-refractivity contribution in [3.63, 3.8) is 0 Å². The largest absolute Gasteiger partial charge is 0.456 e. The molecule has 30 aromatic rings. The van der Waals surface area contributed by atoms with Crippen molar-refractivity contribution >= 4 is 142 Å². The van der Waals surface area contributed by atoms with Crippen LogP contribution in [-0.2, 0) is 0 Å². The van der Waals surface area contributed by atoms with Gasteiger partial charge >= 0.3 is 0 Å². The molecule has 0 aliphatic heterocycles. The summed E-state index contributed by atoms with van der Waals surface area (Å²) in [6.07, 6.45) is 0. The van der Waals surface area contributed by atoms with Gasteiger partial charge in [0.1, 0.15) is 22.6 Å². The monoisotopic (exact) mass is 1910 g/mol. The molecule has 0 saturated carbocycles. The van der Waals surface area contributed by atoms with Crippen molar-refractivity contribution in [3.8, 4) is 174 Å². The Morgan fingerprint density at radius 3 is 0.840 bits per heavy atom. The Kier molecular flexibility index (Phi) is 18.9. The minimum absolute atomic E-state index is 0.597. The third-order valence-corrected chi connectivity index (χ3v) is 30.8. The molecule has 11 nitrogen and oxygen atoms in total. The van der Waals surface area contributed by atoms with Gasteiger partial charge in [-0.1, -0.05) is 406 Å². The summed E-state index contributed by atoms with van der Waals surface area (Å²) in [6.45, 7) is 0. The Labute approximate surface area is 860 Å². The van der Waals surface area contributed by atoms with Crippen LogP contribution in [0.25, 0.3) is 316 Å². The van der Waals surface area contributed by atoms with Crippen molar-refractivity contribution in [1.82, 2.24) is 48.6 Å². The lowest BCUT2D eigenvalue weighted by Gasteiger charge is -2.17. The lowest BCUT2D eigenvalue weighted by molar-refractivity contribution is 0.669. The summed E-state index contributed by atoms with van der Waals surface area (Å²) in [4.78, 5) is 37.2. The van der Waals surface area contributed by atoms with Gasteiger partial charge in [0, 0.05) is 81.5 Å². The highest BCUT2D eigenvalue weighted by atomic mass is 16.3. The molecular formula is C139H82N10O. The Bertz CT molecular complexity index is 10900. The maximum atomic E-state index is 6.25. The molecule has 0 amide bonds. The second-order valence-electron chi connectivity index (χ2n) is 39.0. The van der Waals surface area contributed by atoms with Gasteiger partial charge in [0.25, 0.3) is 0 Å². The van der Waals surface area contributed by atoms with Gasteiger partial charge in [0.05, 0.1) is 55.2 Å². The molecule has 3 aliphatic rings. The molecule has 0 spiro atoms. The number of aromatic nitrogens is 10. The molecule has 150 heavy (non-hydrogen) atoms. The molecule has 0 N–H and O–H groups in total. The van der Waals surface area contributed by atoms with Crippen molar-refractivity contribution in [2.24, 2.45) is 0 Å². The molecule has 3 aliphatic carbocycles. The first kappa shape index (κ1) is 84.3. The summed E-state index contributed by atoms with van der Waals surface area (Å²) in [7, 11) is 0. The molecule has 7 aromatic heterocycles. The van der Waals surface area contributed by atoms with Gasteiger partial charge in [-0.25, -0.2) is 24.9 Å². The average molecular weight is 1910 g/mol. The Morgan fingerprint density at radius 1 is 0.147 bits per heavy atom. The summed E-state index contributed by atoms with van der Waals surface area (Å²) >= 11 is 0. The lowest BCUT2D eigenvalue weighted by Crippen LogP contribution is -2.06. The molecule has 0 unspecified atom stereocenters. The second-order valence-corrected chi connectivity index (χ2v) is 39.0. The first-order valence-corrected chi connectivity index (χ1v) is 51.0. The van der Waals surface area contributed by atoms with E-state index in [1.54, 1.807) is 0 Å². The van der Waals surface area contributed by atoms with E-state index in [0.717, 1.165) is 128 Å². The molecule has 0 atom stereocenters. The van der Waals surface area contributed by atoms with Crippen LogP contribution in [-0.4, -0.2) is 48.6 Å². The number of hydrogen-bond acceptors (Lipinski definition) is 8. The Hall–Kier alpha value is -20.3. The van der Waals surface area contributed by atoms with E-state index in [-0.39, 0.29) is 0 Å². The summed E-state index contributed by atoms with van der Waals surface area (Å²) in [5.74, 6) is 3.50. The summed E-state index contributed by atoms with van der Waals surface area (Å²) in [5.41, 5.74) is 41.6. The van der Waals surface area contributed by atoms with E-state index in [1.165, 1.54) is 170 Å². The van der Waals surface area contributed by atoms with Crippen LogP contribution in [0.5, 0.6) is 0 Å². The third-order valence-electron chi connectivity index (χ3n) is 30.8. The summed E-state index contributed by atoms with van der Waals surface area (Å²) < 4.78 is 13.3. The Morgan fingerprint density at radius 2 is 0.433 bits per heavy atom. The zero-order chi connectivity index (χ0) is 98.3. The minimum Gasteiger partial charge on any atom is -0.456 e. The predicted octanol–water partition coefficient (Wildman–Crippen LogP) is 36.1. The number of nitrogens with zero attached hydrogens (tertiary/aromatic N) is 10. The maximum absolute atomic E-state index is 6.25. The van der Waals surface area contributed by atoms with Crippen LogP contribution in [0.2, 0.25) is 0 Å². The zero-order valence-electron chi connectivity index (χ0n) is 80.7. The SMILES string of the molecule is c1ccc(-c2cc3c4c5c(cccc25)-c2ccccc2-c2cccc(c24)n3-c2nc3ccccc3nc2-c2ccc3oc4ccccc4c3c2)cc1.c1ccc(-c2cccc(-c3nc4ccccc4nc3-n3c4cccc5c4c4c6c(cccc6c(-c6ccccc6)cc43)-c3ccccc3-5)c2)cc1.c1ccc(-c2nc(-c3ccccc3)nc(-n3c4cccc5c4c4c6c(cccc6c(-c6ccccc6)cc43)-c3ccccc3-5)n2)cc1. The first-order valence-electron chi connectivity index (χ1n) is 51.0. The highest BCUT2D eigenvalue weighted by Gasteiger charge is 2.34. The van der Waals surface area contributed by atoms with E-state index in [4.69, 9.17) is 39.3 Å². The molecule has 0 saturated heterocycles. The molecule has 7 heterocycles. The van der Waals surface area contributed by atoms with Gasteiger partial charge in [-0.05, 0) is 218 Å². The van der Waals surface area contributed by atoms with E-state index < -0.39 is 0 Å². The second kappa shape index (κ2) is 33.7. The van der Waals surface area contributed by atoms with Crippen molar-refractivity contribution in [1.29, 1.82) is 0 Å². The number of furan rings is 1. The molecule has 11 heteroatoms. The van der Waals surface area contributed by atoms with Crippen LogP contribution < -0.4 is 0 Å². The number of para-hydroxylation sites is 5. The molecule has 33 rings (SSSR count). The third kappa shape index (κ3) is 13.0. The normalized spacial score (nSPS) is 12.0. The lowest BCUT2D eigenvalue weighted by atomic mass is 9.90. The molecule has 0 radical (unpaired) electrons. The zero-order valence-corrected chi connectivity index (χ0v) is 80.7. The Balaban J connectivity index is 0.000000101. The standard InChI is InChI=1S/C48H27N3O.C48H29N3.C43H26N4/c1-2-12-28(13-3-1)36-27-41-46-44-33(17-10-18-35(36)44)30-14-4-5-15-31(30)34-19-11-22-40(45(34)46)51(41)48-47(49-38-20-7-8-21-39(38)50-48)29-24-25-43-37(26-29)32-16-6-9-23-42(32)52-43;1-3-14-30(15-4-1)32-18-11-19-33(28-32)47-48(50-41-26-10-9-25-40(41)49-47)51-42-27-13-24-37-35-21-8-7-20-34(35)36-22-12-23-38-39(31-16-5-2-6-17-31)29-43(51)46(44(36)38)45(37)42;1-4-14-27(15-5-1)35-26-37-40-38-32(22-12-23-34(35)38)30-20-10-11-21-31(30)33-24-13-25-36(39(33)40)47(37)43-45-41(28-16-6-2-7-17-28)44-42(46-43)29-18-8-3-9-19-29/h1-27H;1-29H;1-26H. The van der Waals surface area contributed by atoms with E-state index in [1.807, 2.05) is 78.9 Å². The van der Waals surface area contributed by atoms with Crippen molar-refractivity contribution in [2.45, 2.75) is 0 Å². The molecule has 23 aromatic carbocycles. The van der Waals surface area contributed by atoms with E-state index in [2.05, 4.69) is 432 Å². The van der Waals surface area contributed by atoms with Crippen LogP contribution in [0, 0.1) is 0 Å². The van der Waals surface area contributed by atoms with Gasteiger partial charge in [-0.3, -0.25) is 13.7 Å². The van der Waals surface area contributed by atoms with Gasteiger partial charge < -0.3 is 4.42 Å². The van der Waals surface area contributed by atoms with E-state index >= 15 is 0 Å². The van der Waals surface area contributed by atoms with Gasteiger partial charge in [0.2, 0.25) is 5.95 Å². The molecule has 0 bridgehead atoms. The highest BCUT2D eigenvalue weighted by Crippen LogP contribution is 2.58. The smallest absolute Gasteiger partial charge is 0.238 e. The number of hydrogen-bond donors (Lipinski definition) is 0. The molecule has 0 fully saturated rings. The van der Waals surface area contributed by atoms with Gasteiger partial charge in [-0.2, -0.15) is 9.97 Å². The van der Waals surface area contributed by atoms with Crippen molar-refractivity contribution < 1.29 is 4.42 Å².